The van der Waals surface area contributed by atoms with Gasteiger partial charge in [-0.2, -0.15) is 5.10 Å². The minimum atomic E-state index is 0.00787. The van der Waals surface area contributed by atoms with Crippen LogP contribution in [0.1, 0.15) is 17.7 Å². The molecule has 0 fully saturated rings. The number of methoxy groups -OCH3 is 1. The predicted octanol–water partition coefficient (Wildman–Crippen LogP) is 1.99. The first-order chi connectivity index (χ1) is 8.70. The van der Waals surface area contributed by atoms with Gasteiger partial charge in [0.15, 0.2) is 5.16 Å². The van der Waals surface area contributed by atoms with E-state index in [2.05, 4.69) is 15.2 Å². The average Bonchev–Trinajstić information content (AvgIpc) is 2.89. The summed E-state index contributed by atoms with van der Waals surface area (Å²) >= 11 is 1.58. The Balaban J connectivity index is 2.18. The van der Waals surface area contributed by atoms with E-state index in [1.807, 2.05) is 31.2 Å². The van der Waals surface area contributed by atoms with Crippen molar-refractivity contribution in [2.24, 2.45) is 5.73 Å². The summed E-state index contributed by atoms with van der Waals surface area (Å²) in [6.07, 6.45) is 1.49. The number of nitrogens with two attached hydrogens (primary N) is 1. The van der Waals surface area contributed by atoms with E-state index in [0.717, 1.165) is 16.5 Å². The number of hydrogen-bond acceptors (Lipinski definition) is 5. The van der Waals surface area contributed by atoms with Gasteiger partial charge in [-0.1, -0.05) is 23.9 Å². The molecule has 2 atom stereocenters. The van der Waals surface area contributed by atoms with Gasteiger partial charge in [-0.25, -0.2) is 4.98 Å². The predicted molar refractivity (Wildman–Crippen MR) is 71.6 cm³/mol. The summed E-state index contributed by atoms with van der Waals surface area (Å²) in [5, 5.41) is 7.57. The zero-order valence-corrected chi connectivity index (χ0v) is 11.1. The Morgan fingerprint density at radius 2 is 2.06 bits per heavy atom. The molecule has 0 aliphatic carbocycles. The smallest absolute Gasteiger partial charge is 0.184 e. The van der Waals surface area contributed by atoms with Crippen molar-refractivity contribution in [3.8, 4) is 5.75 Å². The van der Waals surface area contributed by atoms with E-state index in [1.165, 1.54) is 6.33 Å². The number of thioether (sulfide) groups is 1. The third-order valence-corrected chi connectivity index (χ3v) is 3.93. The maximum absolute atomic E-state index is 6.04. The molecule has 2 unspecified atom stereocenters. The highest BCUT2D eigenvalue weighted by atomic mass is 32.2. The Hall–Kier alpha value is -1.53. The number of aromatic amines is 1. The average molecular weight is 264 g/mol. The molecule has 1 aromatic carbocycles. The van der Waals surface area contributed by atoms with Crippen LogP contribution in [0.15, 0.2) is 35.7 Å². The first-order valence-corrected chi connectivity index (χ1v) is 6.50. The van der Waals surface area contributed by atoms with Crippen molar-refractivity contribution in [1.29, 1.82) is 0 Å². The molecule has 0 saturated carbocycles. The van der Waals surface area contributed by atoms with Crippen LogP contribution in [0.3, 0.4) is 0 Å². The van der Waals surface area contributed by atoms with Gasteiger partial charge in [0.05, 0.1) is 12.4 Å². The van der Waals surface area contributed by atoms with Crippen molar-refractivity contribution < 1.29 is 4.74 Å². The van der Waals surface area contributed by atoms with Crippen molar-refractivity contribution in [3.05, 3.63) is 36.2 Å². The van der Waals surface area contributed by atoms with Crippen molar-refractivity contribution in [2.45, 2.75) is 23.4 Å². The second kappa shape index (κ2) is 5.88. The third kappa shape index (κ3) is 3.02. The van der Waals surface area contributed by atoms with Crippen molar-refractivity contribution in [3.63, 3.8) is 0 Å². The second-order valence-electron chi connectivity index (χ2n) is 3.96. The van der Waals surface area contributed by atoms with E-state index in [4.69, 9.17) is 10.5 Å². The quantitative estimate of drug-likeness (QED) is 0.808. The zero-order chi connectivity index (χ0) is 13.0. The van der Waals surface area contributed by atoms with Crippen LogP contribution in [0.25, 0.3) is 0 Å². The summed E-state index contributed by atoms with van der Waals surface area (Å²) in [6.45, 7) is 1.98. The van der Waals surface area contributed by atoms with Crippen LogP contribution >= 0.6 is 11.8 Å². The summed E-state index contributed by atoms with van der Waals surface area (Å²) in [7, 11) is 1.65. The van der Waals surface area contributed by atoms with Crippen LogP contribution in [0, 0.1) is 0 Å². The van der Waals surface area contributed by atoms with Crippen molar-refractivity contribution in [2.75, 3.05) is 7.11 Å². The van der Waals surface area contributed by atoms with Crippen molar-refractivity contribution >= 4 is 11.8 Å². The number of nitrogens with one attached hydrogen (secondary N) is 1. The van der Waals surface area contributed by atoms with E-state index in [1.54, 1.807) is 18.9 Å². The summed E-state index contributed by atoms with van der Waals surface area (Å²) in [5.41, 5.74) is 7.19. The Morgan fingerprint density at radius 3 is 2.56 bits per heavy atom. The molecule has 0 spiro atoms. The van der Waals surface area contributed by atoms with Gasteiger partial charge >= 0.3 is 0 Å². The standard InChI is InChI=1S/C12H16N4OS/c1-8(13)11(18-12-14-7-15-16-12)9-3-5-10(17-2)6-4-9/h3-8,11H,13H2,1-2H3,(H,14,15,16). The molecule has 1 aromatic heterocycles. The van der Waals surface area contributed by atoms with Crippen LogP contribution in [-0.2, 0) is 0 Å². The highest BCUT2D eigenvalue weighted by molar-refractivity contribution is 7.99. The summed E-state index contributed by atoms with van der Waals surface area (Å²) in [6, 6.07) is 7.93. The minimum Gasteiger partial charge on any atom is -0.497 e. The molecular formula is C12H16N4OS. The number of H-pyrrole nitrogens is 1. The number of rotatable bonds is 5. The summed E-state index contributed by atoms with van der Waals surface area (Å²) in [5.74, 6) is 0.840. The molecule has 3 N–H and O–H groups in total. The topological polar surface area (TPSA) is 76.8 Å². The van der Waals surface area contributed by atoms with Gasteiger partial charge in [0.1, 0.15) is 12.1 Å². The van der Waals surface area contributed by atoms with Gasteiger partial charge in [0, 0.05) is 6.04 Å². The van der Waals surface area contributed by atoms with Gasteiger partial charge in [-0.05, 0) is 24.6 Å². The van der Waals surface area contributed by atoms with Crippen LogP contribution in [0.4, 0.5) is 0 Å². The fourth-order valence-electron chi connectivity index (χ4n) is 1.64. The van der Waals surface area contributed by atoms with Gasteiger partial charge in [-0.3, -0.25) is 5.10 Å². The molecule has 96 valence electrons. The first-order valence-electron chi connectivity index (χ1n) is 5.62. The van der Waals surface area contributed by atoms with E-state index in [-0.39, 0.29) is 11.3 Å². The number of benzene rings is 1. The maximum Gasteiger partial charge on any atom is 0.184 e. The zero-order valence-electron chi connectivity index (χ0n) is 10.3. The number of ether oxygens (including phenoxy) is 1. The van der Waals surface area contributed by atoms with E-state index in [9.17, 15) is 0 Å². The van der Waals surface area contributed by atoms with E-state index in [0.29, 0.717) is 0 Å². The Morgan fingerprint density at radius 1 is 1.33 bits per heavy atom. The van der Waals surface area contributed by atoms with Crippen LogP contribution in [-0.4, -0.2) is 28.3 Å². The van der Waals surface area contributed by atoms with Gasteiger partial charge in [-0.15, -0.1) is 0 Å². The molecule has 0 radical (unpaired) electrons. The number of nitrogens with zero attached hydrogens (tertiary/aromatic N) is 2. The molecular weight excluding hydrogens is 248 g/mol. The Bertz CT molecular complexity index is 469. The molecule has 0 amide bonds. The molecule has 1 heterocycles. The monoisotopic (exact) mass is 264 g/mol. The third-order valence-electron chi connectivity index (χ3n) is 2.55. The molecule has 2 aromatic rings. The summed E-state index contributed by atoms with van der Waals surface area (Å²) in [4.78, 5) is 4.11. The largest absolute Gasteiger partial charge is 0.497 e. The Kier molecular flexibility index (Phi) is 4.22. The highest BCUT2D eigenvalue weighted by Gasteiger charge is 2.19. The minimum absolute atomic E-state index is 0.00787. The highest BCUT2D eigenvalue weighted by Crippen LogP contribution is 2.35. The lowest BCUT2D eigenvalue weighted by molar-refractivity contribution is 0.414. The van der Waals surface area contributed by atoms with Gasteiger partial charge < -0.3 is 10.5 Å². The lowest BCUT2D eigenvalue weighted by Gasteiger charge is -2.19. The SMILES string of the molecule is COc1ccc(C(Sc2ncn[nH]2)C(C)N)cc1. The second-order valence-corrected chi connectivity index (χ2v) is 5.09. The molecule has 18 heavy (non-hydrogen) atoms. The van der Waals surface area contributed by atoms with Crippen LogP contribution in [0.2, 0.25) is 0 Å². The van der Waals surface area contributed by atoms with Crippen LogP contribution < -0.4 is 10.5 Å². The molecule has 6 heteroatoms. The molecule has 0 aliphatic heterocycles. The van der Waals surface area contributed by atoms with Gasteiger partial charge in [0.2, 0.25) is 0 Å². The molecule has 0 saturated heterocycles. The number of aromatic nitrogens is 3. The lowest BCUT2D eigenvalue weighted by Crippen LogP contribution is -2.22. The fourth-order valence-corrected chi connectivity index (χ4v) is 2.61. The van der Waals surface area contributed by atoms with E-state index >= 15 is 0 Å². The van der Waals surface area contributed by atoms with E-state index < -0.39 is 0 Å². The number of hydrogen-bond donors (Lipinski definition) is 2. The van der Waals surface area contributed by atoms with Crippen molar-refractivity contribution in [1.82, 2.24) is 15.2 Å². The summed E-state index contributed by atoms with van der Waals surface area (Å²) < 4.78 is 5.15. The van der Waals surface area contributed by atoms with Crippen LogP contribution in [0.5, 0.6) is 5.75 Å². The first kappa shape index (κ1) is 12.9. The maximum atomic E-state index is 6.04. The normalized spacial score (nSPS) is 14.2. The Labute approximate surface area is 110 Å². The molecule has 0 bridgehead atoms. The molecule has 5 nitrogen and oxygen atoms in total. The molecule has 0 aliphatic rings. The lowest BCUT2D eigenvalue weighted by atomic mass is 10.1. The van der Waals surface area contributed by atoms with Gasteiger partial charge in [0.25, 0.3) is 0 Å². The fraction of sp³-hybridized carbons (Fsp3) is 0.333. The molecule has 2 rings (SSSR count).